The molecule has 106 valence electrons. The lowest BCUT2D eigenvalue weighted by Gasteiger charge is -2.11. The molecule has 0 saturated heterocycles. The highest BCUT2D eigenvalue weighted by Gasteiger charge is 2.11. The molecule has 5 nitrogen and oxygen atoms in total. The van der Waals surface area contributed by atoms with Crippen molar-refractivity contribution < 1.29 is 9.59 Å². The molecular weight excluding hydrogens is 289 g/mol. The lowest BCUT2D eigenvalue weighted by Crippen LogP contribution is -2.30. The van der Waals surface area contributed by atoms with Crippen molar-refractivity contribution in [3.8, 4) is 0 Å². The van der Waals surface area contributed by atoms with Gasteiger partial charge >= 0.3 is 0 Å². The topological polar surface area (TPSA) is 75.4 Å². The van der Waals surface area contributed by atoms with Gasteiger partial charge in [-0.05, 0) is 18.2 Å². The molecule has 2 amide bonds. The summed E-state index contributed by atoms with van der Waals surface area (Å²) in [5, 5.41) is 2.93. The SMILES string of the molecule is CN(C)C(=O)CCNC(=O)c1ccc(N)cc1Cl.Cl. The van der Waals surface area contributed by atoms with Gasteiger partial charge in [-0.1, -0.05) is 11.6 Å². The highest BCUT2D eigenvalue weighted by molar-refractivity contribution is 6.34. The summed E-state index contributed by atoms with van der Waals surface area (Å²) in [6.07, 6.45) is 0.255. The molecule has 1 rings (SSSR count). The normalized spacial score (nSPS) is 9.42. The number of nitrogen functional groups attached to an aromatic ring is 1. The van der Waals surface area contributed by atoms with Crippen molar-refractivity contribution in [3.05, 3.63) is 28.8 Å². The Balaban J connectivity index is 0.00000324. The number of benzene rings is 1. The predicted molar refractivity (Wildman–Crippen MR) is 78.8 cm³/mol. The maximum absolute atomic E-state index is 11.8. The van der Waals surface area contributed by atoms with Crippen LogP contribution < -0.4 is 11.1 Å². The summed E-state index contributed by atoms with van der Waals surface area (Å²) in [4.78, 5) is 24.5. The lowest BCUT2D eigenvalue weighted by molar-refractivity contribution is -0.128. The van der Waals surface area contributed by atoms with E-state index < -0.39 is 0 Å². The van der Waals surface area contributed by atoms with Crippen LogP contribution in [0.1, 0.15) is 16.8 Å². The molecule has 0 aliphatic heterocycles. The van der Waals surface area contributed by atoms with Crippen molar-refractivity contribution in [2.45, 2.75) is 6.42 Å². The molecule has 0 unspecified atom stereocenters. The van der Waals surface area contributed by atoms with E-state index in [0.717, 1.165) is 0 Å². The van der Waals surface area contributed by atoms with E-state index in [1.54, 1.807) is 26.2 Å². The number of anilines is 1. The molecule has 19 heavy (non-hydrogen) atoms. The van der Waals surface area contributed by atoms with E-state index in [1.807, 2.05) is 0 Å². The van der Waals surface area contributed by atoms with Gasteiger partial charge in [0.25, 0.3) is 5.91 Å². The summed E-state index contributed by atoms with van der Waals surface area (Å²) in [6, 6.07) is 4.67. The first-order valence-corrected chi connectivity index (χ1v) is 5.83. The fourth-order valence-corrected chi connectivity index (χ4v) is 1.59. The van der Waals surface area contributed by atoms with Crippen LogP contribution in [0.25, 0.3) is 0 Å². The second kappa shape index (κ2) is 7.86. The van der Waals surface area contributed by atoms with Crippen LogP contribution in [0.2, 0.25) is 5.02 Å². The molecule has 0 heterocycles. The van der Waals surface area contributed by atoms with Crippen LogP contribution in [-0.4, -0.2) is 37.4 Å². The van der Waals surface area contributed by atoms with Crippen molar-refractivity contribution in [1.82, 2.24) is 10.2 Å². The average molecular weight is 306 g/mol. The van der Waals surface area contributed by atoms with Crippen LogP contribution >= 0.6 is 24.0 Å². The third-order valence-corrected chi connectivity index (χ3v) is 2.67. The maximum atomic E-state index is 11.8. The Labute approximate surface area is 123 Å². The number of hydrogen-bond acceptors (Lipinski definition) is 3. The van der Waals surface area contributed by atoms with Gasteiger partial charge in [-0.25, -0.2) is 0 Å². The molecule has 0 aromatic heterocycles. The van der Waals surface area contributed by atoms with Gasteiger partial charge in [0.05, 0.1) is 10.6 Å². The maximum Gasteiger partial charge on any atom is 0.252 e. The van der Waals surface area contributed by atoms with E-state index in [1.165, 1.54) is 11.0 Å². The van der Waals surface area contributed by atoms with Crippen LogP contribution in [0.15, 0.2) is 18.2 Å². The quantitative estimate of drug-likeness (QED) is 0.829. The monoisotopic (exact) mass is 305 g/mol. The molecule has 7 heteroatoms. The third kappa shape index (κ3) is 5.36. The van der Waals surface area contributed by atoms with Gasteiger partial charge < -0.3 is 16.0 Å². The molecule has 0 bridgehead atoms. The minimum absolute atomic E-state index is 0. The van der Waals surface area contributed by atoms with Gasteiger partial charge in [0.1, 0.15) is 0 Å². The summed E-state index contributed by atoms with van der Waals surface area (Å²) >= 11 is 5.90. The number of nitrogens with zero attached hydrogens (tertiary/aromatic N) is 1. The molecule has 0 aliphatic rings. The number of carbonyl (C=O) groups is 2. The molecule has 3 N–H and O–H groups in total. The van der Waals surface area contributed by atoms with Crippen molar-refractivity contribution in [3.63, 3.8) is 0 Å². The standard InChI is InChI=1S/C12H16ClN3O2.ClH/c1-16(2)11(17)5-6-15-12(18)9-4-3-8(14)7-10(9)13;/h3-4,7H,5-6,14H2,1-2H3,(H,15,18);1H. The van der Waals surface area contributed by atoms with Crippen LogP contribution in [-0.2, 0) is 4.79 Å². The van der Waals surface area contributed by atoms with Crippen LogP contribution in [0.3, 0.4) is 0 Å². The number of halogens is 2. The molecule has 1 aromatic rings. The van der Waals surface area contributed by atoms with Crippen molar-refractivity contribution >= 4 is 41.5 Å². The summed E-state index contributed by atoms with van der Waals surface area (Å²) in [5.74, 6) is -0.356. The number of nitrogens with one attached hydrogen (secondary N) is 1. The van der Waals surface area contributed by atoms with E-state index in [4.69, 9.17) is 17.3 Å². The fraction of sp³-hybridized carbons (Fsp3) is 0.333. The third-order valence-electron chi connectivity index (χ3n) is 2.36. The Morgan fingerprint density at radius 3 is 2.53 bits per heavy atom. The molecule has 0 fully saturated rings. The Morgan fingerprint density at radius 2 is 2.00 bits per heavy atom. The smallest absolute Gasteiger partial charge is 0.252 e. The summed E-state index contributed by atoms with van der Waals surface area (Å²) in [7, 11) is 3.34. The van der Waals surface area contributed by atoms with Crippen molar-refractivity contribution in [2.24, 2.45) is 0 Å². The van der Waals surface area contributed by atoms with Crippen molar-refractivity contribution in [1.29, 1.82) is 0 Å². The number of nitrogens with two attached hydrogens (primary N) is 1. The minimum Gasteiger partial charge on any atom is -0.399 e. The van der Waals surface area contributed by atoms with E-state index >= 15 is 0 Å². The number of hydrogen-bond donors (Lipinski definition) is 2. The predicted octanol–water partition coefficient (Wildman–Crippen LogP) is 1.55. The zero-order valence-electron chi connectivity index (χ0n) is 10.8. The zero-order valence-corrected chi connectivity index (χ0v) is 12.3. The zero-order chi connectivity index (χ0) is 13.7. The molecule has 0 atom stereocenters. The van der Waals surface area contributed by atoms with Gasteiger partial charge in [0, 0.05) is 32.7 Å². The minimum atomic E-state index is -0.313. The van der Waals surface area contributed by atoms with E-state index in [-0.39, 0.29) is 37.2 Å². The molecular formula is C12H17Cl2N3O2. The van der Waals surface area contributed by atoms with Gasteiger partial charge in [0.2, 0.25) is 5.91 Å². The van der Waals surface area contributed by atoms with Crippen molar-refractivity contribution in [2.75, 3.05) is 26.4 Å². The van der Waals surface area contributed by atoms with E-state index in [0.29, 0.717) is 16.3 Å². The summed E-state index contributed by atoms with van der Waals surface area (Å²) in [6.45, 7) is 0.274. The van der Waals surface area contributed by atoms with E-state index in [2.05, 4.69) is 5.32 Å². The number of carbonyl (C=O) groups excluding carboxylic acids is 2. The highest BCUT2D eigenvalue weighted by atomic mass is 35.5. The van der Waals surface area contributed by atoms with Gasteiger partial charge in [-0.3, -0.25) is 9.59 Å². The molecule has 0 saturated carbocycles. The van der Waals surface area contributed by atoms with Gasteiger partial charge in [-0.2, -0.15) is 0 Å². The molecule has 0 spiro atoms. The molecule has 0 aliphatic carbocycles. The largest absolute Gasteiger partial charge is 0.399 e. The average Bonchev–Trinajstić information content (AvgIpc) is 2.28. The fourth-order valence-electron chi connectivity index (χ4n) is 1.32. The Kier molecular flexibility index (Phi) is 7.26. The van der Waals surface area contributed by atoms with Crippen LogP contribution in [0.4, 0.5) is 5.69 Å². The lowest BCUT2D eigenvalue weighted by atomic mass is 10.2. The first-order valence-electron chi connectivity index (χ1n) is 5.45. The molecule has 1 aromatic carbocycles. The Morgan fingerprint density at radius 1 is 1.37 bits per heavy atom. The van der Waals surface area contributed by atoms with Crippen LogP contribution in [0, 0.1) is 0 Å². The first kappa shape index (κ1) is 17.5. The Bertz CT molecular complexity index is 464. The Hall–Kier alpha value is -1.46. The second-order valence-corrected chi connectivity index (χ2v) is 4.44. The second-order valence-electron chi connectivity index (χ2n) is 4.03. The summed E-state index contributed by atoms with van der Waals surface area (Å²) < 4.78 is 0. The van der Waals surface area contributed by atoms with Gasteiger partial charge in [0.15, 0.2) is 0 Å². The highest BCUT2D eigenvalue weighted by Crippen LogP contribution is 2.18. The summed E-state index contributed by atoms with van der Waals surface area (Å²) in [5.41, 5.74) is 6.38. The first-order chi connectivity index (χ1) is 8.41. The van der Waals surface area contributed by atoms with E-state index in [9.17, 15) is 9.59 Å². The van der Waals surface area contributed by atoms with Crippen LogP contribution in [0.5, 0.6) is 0 Å². The molecule has 0 radical (unpaired) electrons. The number of amides is 2. The number of rotatable bonds is 4. The van der Waals surface area contributed by atoms with Gasteiger partial charge in [-0.15, -0.1) is 12.4 Å².